The van der Waals surface area contributed by atoms with Gasteiger partial charge in [0.15, 0.2) is 5.78 Å². The molecule has 166 valence electrons. The van der Waals surface area contributed by atoms with Crippen LogP contribution >= 0.6 is 11.6 Å². The number of aliphatic carboxylic acids is 1. The molecule has 0 aliphatic heterocycles. The van der Waals surface area contributed by atoms with Crippen molar-refractivity contribution in [2.75, 3.05) is 20.1 Å². The first kappa shape index (κ1) is 23.5. The van der Waals surface area contributed by atoms with Crippen LogP contribution in [0.5, 0.6) is 5.75 Å². The first-order chi connectivity index (χ1) is 15.3. The van der Waals surface area contributed by atoms with Crippen LogP contribution in [-0.4, -0.2) is 41.9 Å². The van der Waals surface area contributed by atoms with Gasteiger partial charge >= 0.3 is 5.97 Å². The summed E-state index contributed by atoms with van der Waals surface area (Å²) in [6.07, 6.45) is 0.303. The number of carbonyl (C=O) groups excluding carboxylic acids is 1. The lowest BCUT2D eigenvalue weighted by molar-refractivity contribution is -0.138. The standard InChI is InChI=1S/C26H26ClNO4/c1-18-3-5-20(6-4-18)26(31)21-9-13-23(14-10-21)32-24(15-16-28(2)17-25(29)30)19-7-11-22(27)12-8-19/h3-14,24H,15-17H2,1-2H3,(H,29,30). The Labute approximate surface area is 193 Å². The highest BCUT2D eigenvalue weighted by Crippen LogP contribution is 2.27. The molecule has 0 aliphatic rings. The van der Waals surface area contributed by atoms with Crippen LogP contribution in [0.4, 0.5) is 0 Å². The minimum Gasteiger partial charge on any atom is -0.486 e. The summed E-state index contributed by atoms with van der Waals surface area (Å²) in [5.74, 6) is -0.280. The molecule has 5 nitrogen and oxygen atoms in total. The number of nitrogens with zero attached hydrogens (tertiary/aromatic N) is 1. The van der Waals surface area contributed by atoms with Crippen LogP contribution in [0.2, 0.25) is 5.02 Å². The van der Waals surface area contributed by atoms with E-state index in [1.54, 1.807) is 48.3 Å². The van der Waals surface area contributed by atoms with E-state index in [0.29, 0.717) is 34.9 Å². The zero-order chi connectivity index (χ0) is 23.1. The highest BCUT2D eigenvalue weighted by atomic mass is 35.5. The maximum absolute atomic E-state index is 12.7. The topological polar surface area (TPSA) is 66.8 Å². The number of hydrogen-bond acceptors (Lipinski definition) is 4. The van der Waals surface area contributed by atoms with Gasteiger partial charge in [0, 0.05) is 29.1 Å². The minimum atomic E-state index is -0.870. The van der Waals surface area contributed by atoms with E-state index >= 15 is 0 Å². The number of likely N-dealkylation sites (N-methyl/N-ethyl adjacent to an activating group) is 1. The van der Waals surface area contributed by atoms with Crippen LogP contribution in [-0.2, 0) is 4.79 Å². The van der Waals surface area contributed by atoms with Crippen molar-refractivity contribution >= 4 is 23.4 Å². The highest BCUT2D eigenvalue weighted by Gasteiger charge is 2.16. The summed E-state index contributed by atoms with van der Waals surface area (Å²) < 4.78 is 6.22. The molecule has 0 spiro atoms. The summed E-state index contributed by atoms with van der Waals surface area (Å²) in [5, 5.41) is 9.62. The van der Waals surface area contributed by atoms with E-state index in [-0.39, 0.29) is 18.4 Å². The molecular formula is C26H26ClNO4. The summed E-state index contributed by atoms with van der Waals surface area (Å²) in [6, 6.07) is 22.0. The van der Waals surface area contributed by atoms with Crippen molar-refractivity contribution in [3.8, 4) is 5.75 Å². The van der Waals surface area contributed by atoms with Crippen molar-refractivity contribution in [1.82, 2.24) is 4.90 Å². The molecule has 6 heteroatoms. The lowest BCUT2D eigenvalue weighted by atomic mass is 10.0. The van der Waals surface area contributed by atoms with Crippen molar-refractivity contribution in [2.24, 2.45) is 0 Å². The van der Waals surface area contributed by atoms with E-state index in [0.717, 1.165) is 11.1 Å². The van der Waals surface area contributed by atoms with Gasteiger partial charge in [0.25, 0.3) is 0 Å². The monoisotopic (exact) mass is 451 g/mol. The number of hydrogen-bond donors (Lipinski definition) is 1. The molecule has 0 fully saturated rings. The fourth-order valence-electron chi connectivity index (χ4n) is 3.34. The van der Waals surface area contributed by atoms with Crippen LogP contribution in [0.25, 0.3) is 0 Å². The predicted molar refractivity (Wildman–Crippen MR) is 126 cm³/mol. The predicted octanol–water partition coefficient (Wildman–Crippen LogP) is 5.41. The number of aryl methyl sites for hydroxylation is 1. The SMILES string of the molecule is Cc1ccc(C(=O)c2ccc(OC(CCN(C)CC(=O)O)c3ccc(Cl)cc3)cc2)cc1. The summed E-state index contributed by atoms with van der Waals surface area (Å²) in [5.41, 5.74) is 3.28. The smallest absolute Gasteiger partial charge is 0.317 e. The molecule has 0 bridgehead atoms. The zero-order valence-electron chi connectivity index (χ0n) is 18.1. The van der Waals surface area contributed by atoms with Gasteiger partial charge in [0.2, 0.25) is 0 Å². The number of halogens is 1. The Balaban J connectivity index is 1.73. The summed E-state index contributed by atoms with van der Waals surface area (Å²) in [4.78, 5) is 25.4. The number of ether oxygens (including phenoxy) is 1. The molecule has 1 N–H and O–H groups in total. The van der Waals surface area contributed by atoms with Crippen molar-refractivity contribution in [3.63, 3.8) is 0 Å². The Kier molecular flexibility index (Phi) is 8.03. The molecule has 0 aliphatic carbocycles. The largest absolute Gasteiger partial charge is 0.486 e. The Hall–Kier alpha value is -3.15. The molecule has 0 aromatic heterocycles. The van der Waals surface area contributed by atoms with Gasteiger partial charge in [-0.25, -0.2) is 0 Å². The molecule has 0 heterocycles. The van der Waals surface area contributed by atoms with Gasteiger partial charge in [0.05, 0.1) is 6.54 Å². The third-order valence-corrected chi connectivity index (χ3v) is 5.38. The molecular weight excluding hydrogens is 426 g/mol. The fourth-order valence-corrected chi connectivity index (χ4v) is 3.47. The molecule has 3 aromatic rings. The maximum atomic E-state index is 12.7. The Morgan fingerprint density at radius 2 is 1.50 bits per heavy atom. The number of ketones is 1. The first-order valence-corrected chi connectivity index (χ1v) is 10.7. The lowest BCUT2D eigenvalue weighted by Crippen LogP contribution is -2.28. The molecule has 1 atom stereocenters. The van der Waals surface area contributed by atoms with Gasteiger partial charge in [-0.3, -0.25) is 14.5 Å². The van der Waals surface area contributed by atoms with E-state index in [9.17, 15) is 9.59 Å². The number of carboxylic acid groups (broad SMARTS) is 1. The van der Waals surface area contributed by atoms with Gasteiger partial charge in [-0.05, 0) is 55.9 Å². The second kappa shape index (κ2) is 10.9. The summed E-state index contributed by atoms with van der Waals surface area (Å²) >= 11 is 6.02. The average molecular weight is 452 g/mol. The van der Waals surface area contributed by atoms with Crippen LogP contribution in [0, 0.1) is 6.92 Å². The second-order valence-electron chi connectivity index (χ2n) is 7.80. The molecule has 0 radical (unpaired) electrons. The molecule has 3 rings (SSSR count). The number of carbonyl (C=O) groups is 2. The summed E-state index contributed by atoms with van der Waals surface area (Å²) in [6.45, 7) is 2.49. The van der Waals surface area contributed by atoms with Gasteiger partial charge in [-0.1, -0.05) is 53.6 Å². The van der Waals surface area contributed by atoms with Crippen LogP contribution in [0.15, 0.2) is 72.8 Å². The first-order valence-electron chi connectivity index (χ1n) is 10.4. The Morgan fingerprint density at radius 1 is 0.938 bits per heavy atom. The van der Waals surface area contributed by atoms with Gasteiger partial charge in [0.1, 0.15) is 11.9 Å². The zero-order valence-corrected chi connectivity index (χ0v) is 18.9. The average Bonchev–Trinajstić information content (AvgIpc) is 2.77. The number of rotatable bonds is 10. The fraction of sp³-hybridized carbons (Fsp3) is 0.231. The van der Waals surface area contributed by atoms with Crippen molar-refractivity contribution < 1.29 is 19.4 Å². The highest BCUT2D eigenvalue weighted by molar-refractivity contribution is 6.30. The van der Waals surface area contributed by atoms with Crippen molar-refractivity contribution in [2.45, 2.75) is 19.4 Å². The van der Waals surface area contributed by atoms with Gasteiger partial charge < -0.3 is 9.84 Å². The molecule has 1 unspecified atom stereocenters. The quantitative estimate of drug-likeness (QED) is 0.418. The van der Waals surface area contributed by atoms with Crippen LogP contribution in [0.3, 0.4) is 0 Å². The van der Waals surface area contributed by atoms with Gasteiger partial charge in [-0.2, -0.15) is 0 Å². The van der Waals surface area contributed by atoms with E-state index < -0.39 is 5.97 Å². The number of carboxylic acids is 1. The molecule has 0 saturated heterocycles. The summed E-state index contributed by atoms with van der Waals surface area (Å²) in [7, 11) is 1.76. The van der Waals surface area contributed by atoms with Crippen molar-refractivity contribution in [1.29, 1.82) is 0 Å². The number of benzene rings is 3. The third-order valence-electron chi connectivity index (χ3n) is 5.13. The van der Waals surface area contributed by atoms with Crippen molar-refractivity contribution in [3.05, 3.63) is 100 Å². The second-order valence-corrected chi connectivity index (χ2v) is 8.23. The van der Waals surface area contributed by atoms with E-state index in [4.69, 9.17) is 21.4 Å². The van der Waals surface area contributed by atoms with E-state index in [2.05, 4.69) is 0 Å². The Bertz CT molecular complexity index is 1050. The van der Waals surface area contributed by atoms with E-state index in [1.807, 2.05) is 43.3 Å². The van der Waals surface area contributed by atoms with Gasteiger partial charge in [-0.15, -0.1) is 0 Å². The molecule has 0 saturated carbocycles. The molecule has 3 aromatic carbocycles. The van der Waals surface area contributed by atoms with E-state index in [1.165, 1.54) is 0 Å². The minimum absolute atomic E-state index is 0.0385. The van der Waals surface area contributed by atoms with Crippen LogP contribution < -0.4 is 4.74 Å². The molecule has 32 heavy (non-hydrogen) atoms. The maximum Gasteiger partial charge on any atom is 0.317 e. The normalized spacial score (nSPS) is 11.9. The van der Waals surface area contributed by atoms with Crippen LogP contribution in [0.1, 0.15) is 39.6 Å². The Morgan fingerprint density at radius 3 is 2.06 bits per heavy atom. The lowest BCUT2D eigenvalue weighted by Gasteiger charge is -2.22. The third kappa shape index (κ3) is 6.67. The molecule has 0 amide bonds.